The fourth-order valence-electron chi connectivity index (χ4n) is 2.23. The Labute approximate surface area is 119 Å². The zero-order chi connectivity index (χ0) is 15.3. The number of carboxylic acids is 1. The van der Waals surface area contributed by atoms with Crippen molar-refractivity contribution in [1.29, 1.82) is 5.26 Å². The zero-order valence-corrected chi connectivity index (χ0v) is 12.2. The van der Waals surface area contributed by atoms with Gasteiger partial charge in [0.15, 0.2) is 0 Å². The van der Waals surface area contributed by atoms with Crippen molar-refractivity contribution in [3.8, 4) is 6.07 Å². The van der Waals surface area contributed by atoms with E-state index >= 15 is 0 Å². The van der Waals surface area contributed by atoms with Crippen molar-refractivity contribution in [2.45, 2.75) is 19.9 Å². The third kappa shape index (κ3) is 4.10. The van der Waals surface area contributed by atoms with Gasteiger partial charge in [0.2, 0.25) is 0 Å². The molecule has 1 heterocycles. The van der Waals surface area contributed by atoms with Crippen molar-refractivity contribution in [1.82, 2.24) is 14.7 Å². The van der Waals surface area contributed by atoms with E-state index in [1.165, 1.54) is 0 Å². The van der Waals surface area contributed by atoms with Gasteiger partial charge >= 0.3 is 12.0 Å². The van der Waals surface area contributed by atoms with Crippen LogP contribution in [-0.2, 0) is 4.79 Å². The van der Waals surface area contributed by atoms with Gasteiger partial charge in [-0.1, -0.05) is 0 Å². The van der Waals surface area contributed by atoms with Crippen LogP contribution in [0.15, 0.2) is 0 Å². The molecule has 1 aliphatic rings. The number of hydrogen-bond donors (Lipinski definition) is 1. The molecule has 7 heteroatoms. The number of hydrogen-bond acceptors (Lipinski definition) is 4. The fourth-order valence-corrected chi connectivity index (χ4v) is 2.23. The molecule has 0 saturated carbocycles. The number of rotatable bonds is 4. The molecule has 1 N–H and O–H groups in total. The summed E-state index contributed by atoms with van der Waals surface area (Å²) in [6, 6.07) is 1.48. The zero-order valence-electron chi connectivity index (χ0n) is 12.2. The van der Waals surface area contributed by atoms with Crippen LogP contribution in [0.3, 0.4) is 0 Å². The standard InChI is InChI=1S/C13H22N4O3/c1-10(8-14)9-15(3)13(20)17-6-4-16(5-7-17)11(2)12(18)19/h10-11H,4-7,9H2,1-3H3,(H,18,19). The Morgan fingerprint density at radius 3 is 2.30 bits per heavy atom. The summed E-state index contributed by atoms with van der Waals surface area (Å²) in [5.74, 6) is -1.04. The van der Waals surface area contributed by atoms with Crippen LogP contribution in [0.1, 0.15) is 13.8 Å². The highest BCUT2D eigenvalue weighted by Crippen LogP contribution is 2.09. The number of piperazine rings is 1. The molecule has 0 bridgehead atoms. The predicted octanol–water partition coefficient (Wildman–Crippen LogP) is 0.289. The van der Waals surface area contributed by atoms with Gasteiger partial charge in [0.25, 0.3) is 0 Å². The Morgan fingerprint density at radius 2 is 1.85 bits per heavy atom. The van der Waals surface area contributed by atoms with Crippen molar-refractivity contribution >= 4 is 12.0 Å². The van der Waals surface area contributed by atoms with Gasteiger partial charge < -0.3 is 14.9 Å². The smallest absolute Gasteiger partial charge is 0.320 e. The second kappa shape index (κ2) is 7.10. The molecular weight excluding hydrogens is 260 g/mol. The Morgan fingerprint density at radius 1 is 1.30 bits per heavy atom. The van der Waals surface area contributed by atoms with Crippen molar-refractivity contribution in [3.63, 3.8) is 0 Å². The Kier molecular flexibility index (Phi) is 5.77. The van der Waals surface area contributed by atoms with E-state index in [2.05, 4.69) is 6.07 Å². The summed E-state index contributed by atoms with van der Waals surface area (Å²) >= 11 is 0. The Hall–Kier alpha value is -1.81. The number of urea groups is 1. The maximum absolute atomic E-state index is 12.2. The maximum atomic E-state index is 12.2. The topological polar surface area (TPSA) is 87.9 Å². The van der Waals surface area contributed by atoms with E-state index in [0.717, 1.165) is 0 Å². The molecule has 2 atom stereocenters. The van der Waals surface area contributed by atoms with Crippen molar-refractivity contribution in [2.75, 3.05) is 39.8 Å². The largest absolute Gasteiger partial charge is 0.480 e. The van der Waals surface area contributed by atoms with E-state index in [4.69, 9.17) is 10.4 Å². The van der Waals surface area contributed by atoms with Crippen LogP contribution in [0.4, 0.5) is 4.79 Å². The number of carbonyl (C=O) groups excluding carboxylic acids is 1. The molecule has 112 valence electrons. The molecule has 1 fully saturated rings. The SMILES string of the molecule is CC(C#N)CN(C)C(=O)N1CCN(C(C)C(=O)O)CC1. The molecule has 1 rings (SSSR count). The monoisotopic (exact) mass is 282 g/mol. The average molecular weight is 282 g/mol. The molecule has 0 aromatic carbocycles. The van der Waals surface area contributed by atoms with Crippen molar-refractivity contribution in [3.05, 3.63) is 0 Å². The summed E-state index contributed by atoms with van der Waals surface area (Å²) in [5.41, 5.74) is 0. The van der Waals surface area contributed by atoms with Crippen LogP contribution in [0.25, 0.3) is 0 Å². The fraction of sp³-hybridized carbons (Fsp3) is 0.769. The van der Waals surface area contributed by atoms with Gasteiger partial charge in [-0.3, -0.25) is 9.69 Å². The first-order chi connectivity index (χ1) is 9.36. The number of nitriles is 1. The van der Waals surface area contributed by atoms with Crippen LogP contribution in [0.2, 0.25) is 0 Å². The second-order valence-corrected chi connectivity index (χ2v) is 5.23. The third-order valence-corrected chi connectivity index (χ3v) is 3.58. The van der Waals surface area contributed by atoms with Gasteiger partial charge in [-0.05, 0) is 13.8 Å². The van der Waals surface area contributed by atoms with Gasteiger partial charge in [-0.15, -0.1) is 0 Å². The first-order valence-corrected chi connectivity index (χ1v) is 6.73. The molecule has 0 spiro atoms. The van der Waals surface area contributed by atoms with Crippen molar-refractivity contribution < 1.29 is 14.7 Å². The molecule has 0 aliphatic carbocycles. The highest BCUT2D eigenvalue weighted by atomic mass is 16.4. The lowest BCUT2D eigenvalue weighted by Crippen LogP contribution is -2.55. The number of aliphatic carboxylic acids is 1. The summed E-state index contributed by atoms with van der Waals surface area (Å²) in [6.07, 6.45) is 0. The Balaban J connectivity index is 2.47. The van der Waals surface area contributed by atoms with E-state index < -0.39 is 12.0 Å². The van der Waals surface area contributed by atoms with E-state index in [1.54, 1.807) is 30.7 Å². The van der Waals surface area contributed by atoms with Gasteiger partial charge in [0, 0.05) is 39.8 Å². The van der Waals surface area contributed by atoms with Crippen LogP contribution in [0, 0.1) is 17.2 Å². The molecule has 1 saturated heterocycles. The van der Waals surface area contributed by atoms with Crippen LogP contribution < -0.4 is 0 Å². The minimum Gasteiger partial charge on any atom is -0.480 e. The normalized spacial score (nSPS) is 19.0. The van der Waals surface area contributed by atoms with Gasteiger partial charge in [-0.25, -0.2) is 4.79 Å². The molecule has 2 amide bonds. The Bertz CT molecular complexity index is 399. The quantitative estimate of drug-likeness (QED) is 0.800. The van der Waals surface area contributed by atoms with E-state index in [9.17, 15) is 9.59 Å². The lowest BCUT2D eigenvalue weighted by Gasteiger charge is -2.38. The molecule has 2 unspecified atom stereocenters. The predicted molar refractivity (Wildman–Crippen MR) is 73.0 cm³/mol. The lowest BCUT2D eigenvalue weighted by molar-refractivity contribution is -0.143. The van der Waals surface area contributed by atoms with Crippen LogP contribution >= 0.6 is 0 Å². The summed E-state index contributed by atoms with van der Waals surface area (Å²) in [4.78, 5) is 28.2. The minimum absolute atomic E-state index is 0.102. The minimum atomic E-state index is -0.843. The third-order valence-electron chi connectivity index (χ3n) is 3.58. The summed E-state index contributed by atoms with van der Waals surface area (Å²) < 4.78 is 0. The summed E-state index contributed by atoms with van der Waals surface area (Å²) in [5, 5.41) is 17.7. The molecule has 0 radical (unpaired) electrons. The highest BCUT2D eigenvalue weighted by molar-refractivity contribution is 5.75. The van der Waals surface area contributed by atoms with Crippen LogP contribution in [0.5, 0.6) is 0 Å². The molecule has 20 heavy (non-hydrogen) atoms. The lowest BCUT2D eigenvalue weighted by atomic mass is 10.2. The summed E-state index contributed by atoms with van der Waals surface area (Å²) in [7, 11) is 1.68. The first kappa shape index (κ1) is 16.2. The molecule has 0 aromatic heterocycles. The van der Waals surface area contributed by atoms with E-state index in [0.29, 0.717) is 32.7 Å². The van der Waals surface area contributed by atoms with Crippen molar-refractivity contribution in [2.24, 2.45) is 5.92 Å². The number of carbonyl (C=O) groups is 2. The van der Waals surface area contributed by atoms with E-state index in [-0.39, 0.29) is 11.9 Å². The maximum Gasteiger partial charge on any atom is 0.320 e. The molecular formula is C13H22N4O3. The second-order valence-electron chi connectivity index (χ2n) is 5.23. The average Bonchev–Trinajstić information content (AvgIpc) is 2.45. The summed E-state index contributed by atoms with van der Waals surface area (Å²) in [6.45, 7) is 5.98. The molecule has 7 nitrogen and oxygen atoms in total. The van der Waals surface area contributed by atoms with Crippen LogP contribution in [-0.4, -0.2) is 77.6 Å². The van der Waals surface area contributed by atoms with Gasteiger partial charge in [0.1, 0.15) is 6.04 Å². The number of nitrogens with zero attached hydrogens (tertiary/aromatic N) is 4. The molecule has 0 aromatic rings. The first-order valence-electron chi connectivity index (χ1n) is 6.73. The number of carboxylic acid groups (broad SMARTS) is 1. The highest BCUT2D eigenvalue weighted by Gasteiger charge is 2.28. The number of amides is 2. The van der Waals surface area contributed by atoms with Gasteiger partial charge in [0.05, 0.1) is 12.0 Å². The van der Waals surface area contributed by atoms with Gasteiger partial charge in [-0.2, -0.15) is 5.26 Å². The van der Waals surface area contributed by atoms with E-state index in [1.807, 2.05) is 4.90 Å². The molecule has 1 aliphatic heterocycles.